The minimum Gasteiger partial charge on any atom is -0.495 e. The molecule has 0 aliphatic carbocycles. The second kappa shape index (κ2) is 10.6. The highest BCUT2D eigenvalue weighted by molar-refractivity contribution is 6.17. The summed E-state index contributed by atoms with van der Waals surface area (Å²) in [5, 5.41) is 4.27. The number of halogens is 1. The maximum atomic E-state index is 13.3. The number of benzene rings is 2. The predicted octanol–water partition coefficient (Wildman–Crippen LogP) is 5.95. The summed E-state index contributed by atoms with van der Waals surface area (Å²) in [5.41, 5.74) is 5.49. The van der Waals surface area contributed by atoms with Crippen LogP contribution in [0.1, 0.15) is 42.6 Å². The molecule has 0 spiro atoms. The summed E-state index contributed by atoms with van der Waals surface area (Å²) in [4.78, 5) is 20.8. The van der Waals surface area contributed by atoms with E-state index in [0.717, 1.165) is 33.4 Å². The summed E-state index contributed by atoms with van der Waals surface area (Å²) in [6, 6.07) is 13.8. The molecule has 2 heterocycles. The maximum Gasteiger partial charge on any atom is 0.247 e. The van der Waals surface area contributed by atoms with Gasteiger partial charge in [0.25, 0.3) is 0 Å². The lowest BCUT2D eigenvalue weighted by molar-refractivity contribution is -0.118. The van der Waals surface area contributed by atoms with E-state index in [-0.39, 0.29) is 11.9 Å². The first-order chi connectivity index (χ1) is 16.5. The zero-order valence-corrected chi connectivity index (χ0v) is 20.4. The fourth-order valence-electron chi connectivity index (χ4n) is 4.08. The first-order valence-electron chi connectivity index (χ1n) is 11.3. The molecule has 34 heavy (non-hydrogen) atoms. The lowest BCUT2D eigenvalue weighted by atomic mass is 10.0. The molecule has 1 atom stereocenters. The third kappa shape index (κ3) is 5.18. The monoisotopic (exact) mass is 476 g/mol. The molecule has 2 aromatic heterocycles. The van der Waals surface area contributed by atoms with E-state index in [9.17, 15) is 4.79 Å². The van der Waals surface area contributed by atoms with Crippen molar-refractivity contribution < 1.29 is 9.53 Å². The van der Waals surface area contributed by atoms with Gasteiger partial charge in [-0.15, -0.1) is 11.6 Å². The molecule has 1 unspecified atom stereocenters. The van der Waals surface area contributed by atoms with Crippen LogP contribution in [0.4, 0.5) is 0 Å². The molecular formula is C27H29ClN4O2. The SMILES string of the molecule is COc1cc(/C=C(\CCCCl)C(=O)NC(C)c2c[nH]c3ccccc23)ccc1-n1cnc(C)c1. The largest absolute Gasteiger partial charge is 0.495 e. The predicted molar refractivity (Wildman–Crippen MR) is 138 cm³/mol. The molecule has 4 aromatic rings. The lowest BCUT2D eigenvalue weighted by Crippen LogP contribution is -2.28. The van der Waals surface area contributed by atoms with Gasteiger partial charge in [0.05, 0.1) is 30.9 Å². The lowest BCUT2D eigenvalue weighted by Gasteiger charge is -2.16. The van der Waals surface area contributed by atoms with Crippen molar-refractivity contribution in [2.24, 2.45) is 0 Å². The van der Waals surface area contributed by atoms with Crippen molar-refractivity contribution in [3.8, 4) is 11.4 Å². The van der Waals surface area contributed by atoms with Crippen LogP contribution < -0.4 is 10.1 Å². The Balaban J connectivity index is 1.59. The van der Waals surface area contributed by atoms with Crippen LogP contribution >= 0.6 is 11.6 Å². The first kappa shape index (κ1) is 23.6. The number of H-pyrrole nitrogens is 1. The van der Waals surface area contributed by atoms with Gasteiger partial charge >= 0.3 is 0 Å². The average molecular weight is 477 g/mol. The van der Waals surface area contributed by atoms with Crippen molar-refractivity contribution in [1.29, 1.82) is 0 Å². The van der Waals surface area contributed by atoms with Crippen molar-refractivity contribution in [3.63, 3.8) is 0 Å². The van der Waals surface area contributed by atoms with Gasteiger partial charge in [-0.05, 0) is 62.1 Å². The number of aryl methyl sites for hydroxylation is 1. The number of aromatic amines is 1. The Morgan fingerprint density at radius 3 is 2.85 bits per heavy atom. The quantitative estimate of drug-likeness (QED) is 0.231. The molecule has 0 aliphatic heterocycles. The number of imidazole rings is 1. The number of methoxy groups -OCH3 is 1. The minimum atomic E-state index is -0.149. The van der Waals surface area contributed by atoms with Gasteiger partial charge in [-0.25, -0.2) is 4.98 Å². The van der Waals surface area contributed by atoms with E-state index < -0.39 is 0 Å². The maximum absolute atomic E-state index is 13.3. The number of carbonyl (C=O) groups is 1. The number of ether oxygens (including phenoxy) is 1. The van der Waals surface area contributed by atoms with E-state index >= 15 is 0 Å². The summed E-state index contributed by atoms with van der Waals surface area (Å²) in [6.07, 6.45) is 8.87. The number of alkyl halides is 1. The van der Waals surface area contributed by atoms with E-state index in [0.29, 0.717) is 30.0 Å². The van der Waals surface area contributed by atoms with Gasteiger partial charge in [-0.1, -0.05) is 24.3 Å². The van der Waals surface area contributed by atoms with Gasteiger partial charge in [0.15, 0.2) is 0 Å². The van der Waals surface area contributed by atoms with Crippen LogP contribution in [0.25, 0.3) is 22.7 Å². The van der Waals surface area contributed by atoms with Gasteiger partial charge in [0.1, 0.15) is 5.75 Å². The second-order valence-corrected chi connectivity index (χ2v) is 8.68. The molecule has 0 fully saturated rings. The van der Waals surface area contributed by atoms with Crippen LogP contribution in [0.5, 0.6) is 5.75 Å². The standard InChI is InChI=1S/C27H29ClN4O2/c1-18-16-32(17-30-18)25-11-10-20(14-26(25)34-3)13-21(7-6-12-28)27(33)31-19(2)23-15-29-24-9-5-4-8-22(23)24/h4-5,8-11,13-17,19,29H,6-7,12H2,1-3H3,(H,31,33)/b21-13+. The number of hydrogen-bond donors (Lipinski definition) is 2. The van der Waals surface area contributed by atoms with Crippen molar-refractivity contribution in [2.45, 2.75) is 32.7 Å². The molecular weight excluding hydrogens is 448 g/mol. The zero-order chi connectivity index (χ0) is 24.1. The van der Waals surface area contributed by atoms with E-state index in [1.165, 1.54) is 0 Å². The Hall–Kier alpha value is -3.51. The zero-order valence-electron chi connectivity index (χ0n) is 19.6. The first-order valence-corrected chi connectivity index (χ1v) is 11.9. The molecule has 0 bridgehead atoms. The van der Waals surface area contributed by atoms with Gasteiger partial charge in [-0.3, -0.25) is 4.79 Å². The van der Waals surface area contributed by atoms with Crippen molar-refractivity contribution >= 4 is 34.5 Å². The molecule has 2 N–H and O–H groups in total. The number of aromatic nitrogens is 3. The molecule has 0 saturated heterocycles. The number of hydrogen-bond acceptors (Lipinski definition) is 3. The average Bonchev–Trinajstić information content (AvgIpc) is 3.47. The highest BCUT2D eigenvalue weighted by Crippen LogP contribution is 2.27. The number of nitrogens with one attached hydrogen (secondary N) is 2. The molecule has 0 saturated carbocycles. The van der Waals surface area contributed by atoms with Crippen LogP contribution in [-0.2, 0) is 4.79 Å². The van der Waals surface area contributed by atoms with Crippen molar-refractivity contribution in [2.75, 3.05) is 13.0 Å². The molecule has 7 heteroatoms. The van der Waals surface area contributed by atoms with Gasteiger partial charge in [-0.2, -0.15) is 0 Å². The summed E-state index contributed by atoms with van der Waals surface area (Å²) in [7, 11) is 1.64. The van der Waals surface area contributed by atoms with E-state index in [1.54, 1.807) is 13.4 Å². The molecule has 0 aliphatic rings. The highest BCUT2D eigenvalue weighted by atomic mass is 35.5. The Kier molecular flexibility index (Phi) is 7.38. The summed E-state index contributed by atoms with van der Waals surface area (Å²) >= 11 is 5.95. The van der Waals surface area contributed by atoms with E-state index in [2.05, 4.69) is 21.4 Å². The third-order valence-electron chi connectivity index (χ3n) is 5.84. The van der Waals surface area contributed by atoms with Crippen molar-refractivity contribution in [1.82, 2.24) is 19.9 Å². The van der Waals surface area contributed by atoms with Gasteiger partial charge in [0, 0.05) is 34.7 Å². The molecule has 2 aromatic carbocycles. The second-order valence-electron chi connectivity index (χ2n) is 8.30. The number of nitrogens with zero attached hydrogens (tertiary/aromatic N) is 2. The van der Waals surface area contributed by atoms with E-state index in [4.69, 9.17) is 16.3 Å². The number of rotatable bonds is 9. The van der Waals surface area contributed by atoms with Gasteiger partial charge < -0.3 is 19.6 Å². The summed E-state index contributed by atoms with van der Waals surface area (Å²) in [5.74, 6) is 1.09. The molecule has 0 radical (unpaired) electrons. The molecule has 6 nitrogen and oxygen atoms in total. The van der Waals surface area contributed by atoms with Crippen LogP contribution in [0.2, 0.25) is 0 Å². The number of amides is 1. The van der Waals surface area contributed by atoms with Crippen molar-refractivity contribution in [3.05, 3.63) is 83.6 Å². The van der Waals surface area contributed by atoms with E-state index in [1.807, 2.05) is 73.3 Å². The fourth-order valence-corrected chi connectivity index (χ4v) is 4.21. The van der Waals surface area contributed by atoms with Crippen LogP contribution in [-0.4, -0.2) is 33.4 Å². The number of fused-ring (bicyclic) bond motifs is 1. The Labute approximate surface area is 204 Å². The third-order valence-corrected chi connectivity index (χ3v) is 6.11. The van der Waals surface area contributed by atoms with Crippen LogP contribution in [0.15, 0.2) is 66.8 Å². The fraction of sp³-hybridized carbons (Fsp3) is 0.259. The number of carbonyl (C=O) groups excluding carboxylic acids is 1. The molecule has 4 rings (SSSR count). The molecule has 1 amide bonds. The Morgan fingerprint density at radius 2 is 2.12 bits per heavy atom. The highest BCUT2D eigenvalue weighted by Gasteiger charge is 2.17. The van der Waals surface area contributed by atoms with Gasteiger partial charge in [0.2, 0.25) is 5.91 Å². The Bertz CT molecular complexity index is 1320. The Morgan fingerprint density at radius 1 is 1.29 bits per heavy atom. The van der Waals surface area contributed by atoms with Crippen LogP contribution in [0, 0.1) is 6.92 Å². The van der Waals surface area contributed by atoms with Crippen LogP contribution in [0.3, 0.4) is 0 Å². The number of para-hydroxylation sites is 1. The normalized spacial score (nSPS) is 12.6. The summed E-state index contributed by atoms with van der Waals surface area (Å²) < 4.78 is 7.55. The smallest absolute Gasteiger partial charge is 0.247 e. The summed E-state index contributed by atoms with van der Waals surface area (Å²) in [6.45, 7) is 3.94. The molecule has 176 valence electrons. The minimum absolute atomic E-state index is 0.101. The topological polar surface area (TPSA) is 71.9 Å².